The fraction of sp³-hybridized carbons (Fsp3) is 0.625. The van der Waals surface area contributed by atoms with Crippen molar-refractivity contribution in [3.05, 3.63) is 22.4 Å². The predicted molar refractivity (Wildman–Crippen MR) is 89.6 cm³/mol. The van der Waals surface area contributed by atoms with E-state index in [0.717, 1.165) is 31.6 Å². The van der Waals surface area contributed by atoms with E-state index in [0.29, 0.717) is 22.0 Å². The second-order valence-electron chi connectivity index (χ2n) is 6.18. The van der Waals surface area contributed by atoms with Crippen LogP contribution in [0.25, 0.3) is 0 Å². The fourth-order valence-electron chi connectivity index (χ4n) is 2.01. The maximum absolute atomic E-state index is 13.8. The van der Waals surface area contributed by atoms with Crippen molar-refractivity contribution in [3.8, 4) is 0 Å². The van der Waals surface area contributed by atoms with Crippen LogP contribution in [0, 0.1) is 17.7 Å². The summed E-state index contributed by atoms with van der Waals surface area (Å²) in [5.41, 5.74) is 7.51. The van der Waals surface area contributed by atoms with E-state index in [-0.39, 0.29) is 5.82 Å². The minimum atomic E-state index is -0.256. The average Bonchev–Trinajstić information content (AvgIpc) is 2.34. The molecule has 0 aliphatic rings. The Labute approximate surface area is 130 Å². The van der Waals surface area contributed by atoms with E-state index in [9.17, 15) is 4.39 Å². The molecule has 1 aromatic rings. The van der Waals surface area contributed by atoms with E-state index in [1.807, 2.05) is 0 Å². The SMILES string of the molecule is CC(C)CCN(CCC(C)C)c1cc(F)c(Br)cc1N. The number of hydrogen-bond donors (Lipinski definition) is 1. The second kappa shape index (κ2) is 7.87. The molecule has 0 spiro atoms. The molecule has 0 bridgehead atoms. The van der Waals surface area contributed by atoms with E-state index >= 15 is 0 Å². The van der Waals surface area contributed by atoms with E-state index in [1.54, 1.807) is 12.1 Å². The minimum absolute atomic E-state index is 0.256. The van der Waals surface area contributed by atoms with Crippen LogP contribution in [0.2, 0.25) is 0 Å². The first-order valence-electron chi connectivity index (χ1n) is 7.30. The van der Waals surface area contributed by atoms with Crippen LogP contribution in [0.5, 0.6) is 0 Å². The summed E-state index contributed by atoms with van der Waals surface area (Å²) in [6.07, 6.45) is 2.16. The Morgan fingerprint density at radius 2 is 1.60 bits per heavy atom. The summed E-state index contributed by atoms with van der Waals surface area (Å²) in [5.74, 6) is 0.990. The summed E-state index contributed by atoms with van der Waals surface area (Å²) in [6.45, 7) is 10.6. The number of hydrogen-bond acceptors (Lipinski definition) is 2. The van der Waals surface area contributed by atoms with Crippen LogP contribution in [0.4, 0.5) is 15.8 Å². The number of nitrogens with two attached hydrogens (primary N) is 1. The third kappa shape index (κ3) is 5.31. The summed E-state index contributed by atoms with van der Waals surface area (Å²) in [4.78, 5) is 2.21. The van der Waals surface area contributed by atoms with Gasteiger partial charge in [-0.3, -0.25) is 0 Å². The fourth-order valence-corrected chi connectivity index (χ4v) is 2.37. The summed E-state index contributed by atoms with van der Waals surface area (Å²) < 4.78 is 14.2. The maximum atomic E-state index is 13.8. The Morgan fingerprint density at radius 3 is 2.05 bits per heavy atom. The maximum Gasteiger partial charge on any atom is 0.139 e. The van der Waals surface area contributed by atoms with Crippen molar-refractivity contribution in [2.75, 3.05) is 23.7 Å². The molecule has 4 heteroatoms. The second-order valence-corrected chi connectivity index (χ2v) is 7.03. The Bertz CT molecular complexity index is 421. The predicted octanol–water partition coefficient (Wildman–Crippen LogP) is 5.07. The monoisotopic (exact) mass is 344 g/mol. The lowest BCUT2D eigenvalue weighted by atomic mass is 10.1. The lowest BCUT2D eigenvalue weighted by Gasteiger charge is -2.28. The Kier molecular flexibility index (Phi) is 6.80. The first kappa shape index (κ1) is 17.3. The molecule has 0 fully saturated rings. The Hall–Kier alpha value is -0.770. The van der Waals surface area contributed by atoms with E-state index in [1.165, 1.54) is 0 Å². The van der Waals surface area contributed by atoms with Crippen LogP contribution in [0.15, 0.2) is 16.6 Å². The molecule has 0 saturated heterocycles. The average molecular weight is 345 g/mol. The van der Waals surface area contributed by atoms with E-state index in [4.69, 9.17) is 5.73 Å². The van der Waals surface area contributed by atoms with Gasteiger partial charge in [0.05, 0.1) is 15.8 Å². The van der Waals surface area contributed by atoms with Crippen molar-refractivity contribution in [3.63, 3.8) is 0 Å². The molecule has 0 heterocycles. The van der Waals surface area contributed by atoms with Gasteiger partial charge in [-0.15, -0.1) is 0 Å². The molecule has 1 aromatic carbocycles. The van der Waals surface area contributed by atoms with Gasteiger partial charge in [-0.2, -0.15) is 0 Å². The molecule has 0 aliphatic heterocycles. The van der Waals surface area contributed by atoms with Gasteiger partial charge in [0.1, 0.15) is 5.82 Å². The molecular formula is C16H26BrFN2. The molecule has 0 unspecified atom stereocenters. The van der Waals surface area contributed by atoms with Gasteiger partial charge in [0.15, 0.2) is 0 Å². The lowest BCUT2D eigenvalue weighted by molar-refractivity contribution is 0.534. The quantitative estimate of drug-likeness (QED) is 0.699. The third-order valence-corrected chi connectivity index (χ3v) is 3.97. The van der Waals surface area contributed by atoms with Crippen molar-refractivity contribution in [2.45, 2.75) is 40.5 Å². The van der Waals surface area contributed by atoms with Crippen LogP contribution in [0.1, 0.15) is 40.5 Å². The van der Waals surface area contributed by atoms with Gasteiger partial charge >= 0.3 is 0 Å². The zero-order chi connectivity index (χ0) is 15.3. The van der Waals surface area contributed by atoms with Gasteiger partial charge in [-0.05, 0) is 46.7 Å². The standard InChI is InChI=1S/C16H26BrFN2/c1-11(2)5-7-20(8-6-12(3)4)16-10-14(18)13(17)9-15(16)19/h9-12H,5-8,19H2,1-4H3. The smallest absolute Gasteiger partial charge is 0.139 e. The molecule has 0 aromatic heterocycles. The number of nitrogens with zero attached hydrogens (tertiary/aromatic N) is 1. The summed E-state index contributed by atoms with van der Waals surface area (Å²) in [7, 11) is 0. The van der Waals surface area contributed by atoms with Gasteiger partial charge in [-0.1, -0.05) is 27.7 Å². The molecule has 2 N–H and O–H groups in total. The van der Waals surface area contributed by atoms with Crippen molar-refractivity contribution in [1.29, 1.82) is 0 Å². The molecule has 0 amide bonds. The highest BCUT2D eigenvalue weighted by molar-refractivity contribution is 9.10. The van der Waals surface area contributed by atoms with Crippen molar-refractivity contribution >= 4 is 27.3 Å². The number of benzene rings is 1. The topological polar surface area (TPSA) is 29.3 Å². The lowest BCUT2D eigenvalue weighted by Crippen LogP contribution is -2.28. The summed E-state index contributed by atoms with van der Waals surface area (Å²) in [6, 6.07) is 3.20. The van der Waals surface area contributed by atoms with Gasteiger partial charge in [-0.25, -0.2) is 4.39 Å². The Balaban J connectivity index is 2.93. The van der Waals surface area contributed by atoms with Crippen LogP contribution in [-0.4, -0.2) is 13.1 Å². The van der Waals surface area contributed by atoms with Crippen LogP contribution in [-0.2, 0) is 0 Å². The molecule has 1 rings (SSSR count). The highest BCUT2D eigenvalue weighted by Gasteiger charge is 2.14. The Morgan fingerprint density at radius 1 is 1.10 bits per heavy atom. The molecule has 0 aliphatic carbocycles. The summed E-state index contributed by atoms with van der Waals surface area (Å²) >= 11 is 3.18. The van der Waals surface area contributed by atoms with Crippen LogP contribution in [0.3, 0.4) is 0 Å². The minimum Gasteiger partial charge on any atom is -0.397 e. The molecule has 0 atom stereocenters. The first-order valence-corrected chi connectivity index (χ1v) is 8.10. The van der Waals surface area contributed by atoms with Gasteiger partial charge < -0.3 is 10.6 Å². The number of nitrogen functional groups attached to an aromatic ring is 1. The molecule has 0 saturated carbocycles. The third-order valence-electron chi connectivity index (χ3n) is 3.36. The summed E-state index contributed by atoms with van der Waals surface area (Å²) in [5, 5.41) is 0. The van der Waals surface area contributed by atoms with Gasteiger partial charge in [0.2, 0.25) is 0 Å². The first-order chi connectivity index (χ1) is 9.31. The van der Waals surface area contributed by atoms with Crippen molar-refractivity contribution < 1.29 is 4.39 Å². The number of rotatable bonds is 7. The normalized spacial score (nSPS) is 11.4. The molecule has 0 radical (unpaired) electrons. The van der Waals surface area contributed by atoms with E-state index < -0.39 is 0 Å². The molecule has 2 nitrogen and oxygen atoms in total. The zero-order valence-electron chi connectivity index (χ0n) is 12.9. The number of anilines is 2. The van der Waals surface area contributed by atoms with Gasteiger partial charge in [0, 0.05) is 19.2 Å². The van der Waals surface area contributed by atoms with E-state index in [2.05, 4.69) is 48.5 Å². The largest absolute Gasteiger partial charge is 0.397 e. The molecule has 20 heavy (non-hydrogen) atoms. The zero-order valence-corrected chi connectivity index (χ0v) is 14.5. The van der Waals surface area contributed by atoms with Gasteiger partial charge in [0.25, 0.3) is 0 Å². The molecule has 114 valence electrons. The molecular weight excluding hydrogens is 319 g/mol. The highest BCUT2D eigenvalue weighted by atomic mass is 79.9. The van der Waals surface area contributed by atoms with Crippen LogP contribution < -0.4 is 10.6 Å². The van der Waals surface area contributed by atoms with Crippen LogP contribution >= 0.6 is 15.9 Å². The van der Waals surface area contributed by atoms with Crippen molar-refractivity contribution in [2.24, 2.45) is 11.8 Å². The number of halogens is 2. The van der Waals surface area contributed by atoms with Crippen molar-refractivity contribution in [1.82, 2.24) is 0 Å². The highest BCUT2D eigenvalue weighted by Crippen LogP contribution is 2.30.